The predicted molar refractivity (Wildman–Crippen MR) is 131 cm³/mol. The average molecular weight is 452 g/mol. The quantitative estimate of drug-likeness (QED) is 0.257. The number of hydrogen-bond donors (Lipinski definition) is 0. The molecule has 30 heavy (non-hydrogen) atoms. The van der Waals surface area contributed by atoms with Gasteiger partial charge in [0.15, 0.2) is 0 Å². The molecule has 0 saturated heterocycles. The molecular formula is C27H21Cl3. The zero-order valence-corrected chi connectivity index (χ0v) is 18.7. The van der Waals surface area contributed by atoms with Crippen LogP contribution in [0.4, 0.5) is 0 Å². The van der Waals surface area contributed by atoms with E-state index in [-0.39, 0.29) is 0 Å². The number of halogens is 3. The maximum atomic E-state index is 6.08. The minimum Gasteiger partial charge on any atom is -0.122 e. The molecule has 0 amide bonds. The second-order valence-corrected chi connectivity index (χ2v) is 8.10. The van der Waals surface area contributed by atoms with Crippen molar-refractivity contribution in [1.82, 2.24) is 0 Å². The summed E-state index contributed by atoms with van der Waals surface area (Å²) in [5.41, 5.74) is 10.2. The molecule has 4 rings (SSSR count). The Kier molecular flexibility index (Phi) is 6.79. The van der Waals surface area contributed by atoms with Crippen LogP contribution in [0.25, 0.3) is 33.4 Å². The van der Waals surface area contributed by atoms with Gasteiger partial charge >= 0.3 is 0 Å². The molecule has 0 radical (unpaired) electrons. The zero-order valence-electron chi connectivity index (χ0n) is 16.4. The first-order valence-electron chi connectivity index (χ1n) is 9.81. The zero-order chi connectivity index (χ0) is 20.9. The van der Waals surface area contributed by atoms with Gasteiger partial charge in [0.25, 0.3) is 0 Å². The Morgan fingerprint density at radius 3 is 0.933 bits per heavy atom. The van der Waals surface area contributed by atoms with Crippen LogP contribution < -0.4 is 0 Å². The molecule has 4 aromatic carbocycles. The molecule has 150 valence electrons. The molecule has 0 unspecified atom stereocenters. The Bertz CT molecular complexity index is 1010. The van der Waals surface area contributed by atoms with Gasteiger partial charge in [-0.15, -0.1) is 34.8 Å². The van der Waals surface area contributed by atoms with E-state index in [9.17, 15) is 0 Å². The molecule has 0 aliphatic carbocycles. The third-order valence-corrected chi connectivity index (χ3v) is 6.10. The standard InChI is InChI=1S/C27H21Cl3/c28-16-19-4-1-7-22(10-19)25-13-26(23-8-2-5-20(11-23)17-29)15-27(14-25)24-9-3-6-21(12-24)18-30/h1-15H,16-18H2. The van der Waals surface area contributed by atoms with Crippen LogP contribution in [0.2, 0.25) is 0 Å². The Balaban J connectivity index is 1.91. The summed E-state index contributed by atoms with van der Waals surface area (Å²) < 4.78 is 0. The number of alkyl halides is 3. The molecule has 0 nitrogen and oxygen atoms in total. The Morgan fingerprint density at radius 1 is 0.367 bits per heavy atom. The fraction of sp³-hybridized carbons (Fsp3) is 0.111. The van der Waals surface area contributed by atoms with Gasteiger partial charge in [-0.25, -0.2) is 0 Å². The lowest BCUT2D eigenvalue weighted by molar-refractivity contribution is 1.39. The molecule has 0 atom stereocenters. The largest absolute Gasteiger partial charge is 0.122 e. The van der Waals surface area contributed by atoms with E-state index in [2.05, 4.69) is 91.0 Å². The smallest absolute Gasteiger partial charge is 0.0474 e. The Morgan fingerprint density at radius 2 is 0.667 bits per heavy atom. The van der Waals surface area contributed by atoms with Gasteiger partial charge in [-0.2, -0.15) is 0 Å². The molecule has 0 fully saturated rings. The number of hydrogen-bond acceptors (Lipinski definition) is 0. The second kappa shape index (κ2) is 9.71. The Hall–Kier alpha value is -2.25. The lowest BCUT2D eigenvalue weighted by Gasteiger charge is -2.13. The van der Waals surface area contributed by atoms with E-state index in [1.165, 1.54) is 0 Å². The van der Waals surface area contributed by atoms with Crippen molar-refractivity contribution < 1.29 is 0 Å². The lowest BCUT2D eigenvalue weighted by Crippen LogP contribution is -1.89. The van der Waals surface area contributed by atoms with Crippen molar-refractivity contribution in [2.75, 3.05) is 0 Å². The van der Waals surface area contributed by atoms with Crippen molar-refractivity contribution in [3.63, 3.8) is 0 Å². The molecule has 4 aromatic rings. The van der Waals surface area contributed by atoms with Crippen molar-refractivity contribution in [3.8, 4) is 33.4 Å². The van der Waals surface area contributed by atoms with Crippen molar-refractivity contribution in [3.05, 3.63) is 108 Å². The van der Waals surface area contributed by atoms with Crippen LogP contribution in [0.5, 0.6) is 0 Å². The fourth-order valence-electron chi connectivity index (χ4n) is 3.63. The van der Waals surface area contributed by atoms with Gasteiger partial charge in [0.05, 0.1) is 0 Å². The first-order chi connectivity index (χ1) is 14.7. The van der Waals surface area contributed by atoms with Crippen LogP contribution >= 0.6 is 34.8 Å². The van der Waals surface area contributed by atoms with Crippen LogP contribution in [0.15, 0.2) is 91.0 Å². The molecule has 3 heteroatoms. The highest BCUT2D eigenvalue weighted by Gasteiger charge is 2.09. The normalized spacial score (nSPS) is 10.9. The third kappa shape index (κ3) is 4.73. The average Bonchev–Trinajstić information content (AvgIpc) is 2.83. The van der Waals surface area contributed by atoms with E-state index in [0.717, 1.165) is 50.1 Å². The topological polar surface area (TPSA) is 0 Å². The highest BCUT2D eigenvalue weighted by Crippen LogP contribution is 2.34. The molecular weight excluding hydrogens is 431 g/mol. The van der Waals surface area contributed by atoms with Gasteiger partial charge in [-0.05, 0) is 86.5 Å². The molecule has 0 N–H and O–H groups in total. The molecule has 0 aromatic heterocycles. The number of benzene rings is 4. The monoisotopic (exact) mass is 450 g/mol. The van der Waals surface area contributed by atoms with Gasteiger partial charge in [0, 0.05) is 17.6 Å². The molecule has 0 aliphatic rings. The summed E-state index contributed by atoms with van der Waals surface area (Å²) in [7, 11) is 0. The molecule has 0 aliphatic heterocycles. The van der Waals surface area contributed by atoms with Crippen LogP contribution in [-0.2, 0) is 17.6 Å². The van der Waals surface area contributed by atoms with Crippen molar-refractivity contribution >= 4 is 34.8 Å². The molecule has 0 bridgehead atoms. The van der Waals surface area contributed by atoms with E-state index in [4.69, 9.17) is 34.8 Å². The summed E-state index contributed by atoms with van der Waals surface area (Å²) >= 11 is 18.2. The van der Waals surface area contributed by atoms with Crippen molar-refractivity contribution in [1.29, 1.82) is 0 Å². The summed E-state index contributed by atoms with van der Waals surface area (Å²) in [6.07, 6.45) is 0. The summed E-state index contributed by atoms with van der Waals surface area (Å²) in [5, 5.41) is 0. The molecule has 0 spiro atoms. The van der Waals surface area contributed by atoms with Crippen LogP contribution in [0, 0.1) is 0 Å². The Labute approximate surface area is 193 Å². The van der Waals surface area contributed by atoms with Gasteiger partial charge in [-0.3, -0.25) is 0 Å². The molecule has 0 saturated carbocycles. The van der Waals surface area contributed by atoms with Gasteiger partial charge < -0.3 is 0 Å². The SMILES string of the molecule is ClCc1cccc(-c2cc(-c3cccc(CCl)c3)cc(-c3cccc(CCl)c3)c2)c1. The predicted octanol–water partition coefficient (Wildman–Crippen LogP) is 8.90. The highest BCUT2D eigenvalue weighted by atomic mass is 35.5. The van der Waals surface area contributed by atoms with Crippen molar-refractivity contribution in [2.45, 2.75) is 17.6 Å². The van der Waals surface area contributed by atoms with Gasteiger partial charge in [-0.1, -0.05) is 54.6 Å². The maximum absolute atomic E-state index is 6.08. The second-order valence-electron chi connectivity index (χ2n) is 7.30. The third-order valence-electron chi connectivity index (χ3n) is 5.18. The summed E-state index contributed by atoms with van der Waals surface area (Å²) in [5.74, 6) is 1.49. The van der Waals surface area contributed by atoms with E-state index >= 15 is 0 Å². The first-order valence-corrected chi connectivity index (χ1v) is 11.4. The van der Waals surface area contributed by atoms with Gasteiger partial charge in [0.1, 0.15) is 0 Å². The minimum absolute atomic E-state index is 0.496. The summed E-state index contributed by atoms with van der Waals surface area (Å²) in [6.45, 7) is 0. The summed E-state index contributed by atoms with van der Waals surface area (Å²) in [4.78, 5) is 0. The summed E-state index contributed by atoms with van der Waals surface area (Å²) in [6, 6.07) is 31.9. The highest BCUT2D eigenvalue weighted by molar-refractivity contribution is 6.17. The van der Waals surface area contributed by atoms with E-state index in [0.29, 0.717) is 17.6 Å². The first kappa shape index (κ1) is 21.0. The number of rotatable bonds is 6. The maximum Gasteiger partial charge on any atom is 0.0474 e. The van der Waals surface area contributed by atoms with Crippen LogP contribution in [-0.4, -0.2) is 0 Å². The van der Waals surface area contributed by atoms with E-state index in [1.807, 2.05) is 0 Å². The van der Waals surface area contributed by atoms with E-state index in [1.54, 1.807) is 0 Å². The van der Waals surface area contributed by atoms with Crippen LogP contribution in [0.1, 0.15) is 16.7 Å². The van der Waals surface area contributed by atoms with Gasteiger partial charge in [0.2, 0.25) is 0 Å². The fourth-order valence-corrected chi connectivity index (χ4v) is 4.13. The lowest BCUT2D eigenvalue weighted by atomic mass is 9.92. The minimum atomic E-state index is 0.496. The molecule has 0 heterocycles. The van der Waals surface area contributed by atoms with Crippen LogP contribution in [0.3, 0.4) is 0 Å². The van der Waals surface area contributed by atoms with Crippen molar-refractivity contribution in [2.24, 2.45) is 0 Å². The van der Waals surface area contributed by atoms with E-state index < -0.39 is 0 Å².